The molecule has 81 heavy (non-hydrogen) atoms. The van der Waals surface area contributed by atoms with Crippen molar-refractivity contribution in [3.63, 3.8) is 0 Å². The lowest BCUT2D eigenvalue weighted by Gasteiger charge is -2.18. The monoisotopic (exact) mass is 1140 g/mol. The molecule has 0 aliphatic heterocycles. The molecule has 0 rings (SSSR count). The molecule has 0 aromatic heterocycles. The summed E-state index contributed by atoms with van der Waals surface area (Å²) < 4.78 is 17.0. The van der Waals surface area contributed by atoms with Gasteiger partial charge in [0.1, 0.15) is 13.2 Å². The molecule has 6 nitrogen and oxygen atoms in total. The Morgan fingerprint density at radius 1 is 0.198 bits per heavy atom. The molecule has 0 N–H and O–H groups in total. The highest BCUT2D eigenvalue weighted by Gasteiger charge is 2.20. The summed E-state index contributed by atoms with van der Waals surface area (Å²) in [5.41, 5.74) is 0. The number of unbranched alkanes of at least 4 members (excludes halogenated alkanes) is 60. The largest absolute Gasteiger partial charge is 0.462 e. The van der Waals surface area contributed by atoms with Crippen molar-refractivity contribution in [2.45, 2.75) is 451 Å². The van der Waals surface area contributed by atoms with Crippen LogP contribution >= 0.6 is 0 Å². The van der Waals surface area contributed by atoms with E-state index in [4.69, 9.17) is 14.2 Å². The summed E-state index contributed by atoms with van der Waals surface area (Å²) in [5.74, 6) is -0.816. The average molecular weight is 1140 g/mol. The van der Waals surface area contributed by atoms with E-state index in [0.29, 0.717) is 19.3 Å². The molecular formula is C75H146O6. The van der Waals surface area contributed by atoms with Crippen molar-refractivity contribution in [2.75, 3.05) is 13.2 Å². The zero-order valence-electron chi connectivity index (χ0n) is 55.6. The van der Waals surface area contributed by atoms with E-state index in [1.807, 2.05) is 0 Å². The molecule has 0 bridgehead atoms. The maximum atomic E-state index is 13.0. The third kappa shape index (κ3) is 69.1. The fourth-order valence-corrected chi connectivity index (χ4v) is 12.0. The van der Waals surface area contributed by atoms with E-state index in [1.165, 1.54) is 347 Å². The number of ether oxygens (including phenoxy) is 3. The maximum Gasteiger partial charge on any atom is 0.306 e. The van der Waals surface area contributed by atoms with Gasteiger partial charge < -0.3 is 14.2 Å². The van der Waals surface area contributed by atoms with Crippen LogP contribution in [0.25, 0.3) is 0 Å². The molecule has 0 aliphatic carbocycles. The number of esters is 3. The lowest BCUT2D eigenvalue weighted by molar-refractivity contribution is -0.167. The summed E-state index contributed by atoms with van der Waals surface area (Å²) >= 11 is 0. The Morgan fingerprint density at radius 3 is 0.494 bits per heavy atom. The number of hydrogen-bond acceptors (Lipinski definition) is 6. The maximum absolute atomic E-state index is 13.0. The second-order valence-electron chi connectivity index (χ2n) is 25.9. The van der Waals surface area contributed by atoms with E-state index in [-0.39, 0.29) is 31.1 Å². The molecule has 0 saturated heterocycles. The summed E-state index contributed by atoms with van der Waals surface area (Å²) in [4.78, 5) is 38.5. The smallest absolute Gasteiger partial charge is 0.306 e. The zero-order valence-corrected chi connectivity index (χ0v) is 55.6. The summed E-state index contributed by atoms with van der Waals surface area (Å²) in [6, 6.07) is 0. The van der Waals surface area contributed by atoms with Crippen LogP contribution < -0.4 is 0 Å². The Morgan fingerprint density at radius 2 is 0.333 bits per heavy atom. The van der Waals surface area contributed by atoms with Crippen LogP contribution in [0.5, 0.6) is 0 Å². The molecule has 0 fully saturated rings. The lowest BCUT2D eigenvalue weighted by atomic mass is 10.0. The van der Waals surface area contributed by atoms with Gasteiger partial charge in [-0.15, -0.1) is 0 Å². The van der Waals surface area contributed by atoms with E-state index in [0.717, 1.165) is 57.8 Å². The predicted octanol–water partition coefficient (Wildman–Crippen LogP) is 25.8. The molecule has 0 spiro atoms. The molecule has 0 radical (unpaired) electrons. The third-order valence-electron chi connectivity index (χ3n) is 17.6. The Labute approximate surface area is 508 Å². The molecule has 0 aliphatic rings. The first-order valence-electron chi connectivity index (χ1n) is 37.5. The molecule has 0 amide bonds. The van der Waals surface area contributed by atoms with Gasteiger partial charge in [0, 0.05) is 19.3 Å². The van der Waals surface area contributed by atoms with Gasteiger partial charge in [0.05, 0.1) is 0 Å². The van der Waals surface area contributed by atoms with Crippen molar-refractivity contribution >= 4 is 17.9 Å². The van der Waals surface area contributed by atoms with E-state index in [2.05, 4.69) is 20.8 Å². The van der Waals surface area contributed by atoms with Crippen LogP contribution in [-0.2, 0) is 28.6 Å². The summed E-state index contributed by atoms with van der Waals surface area (Å²) in [7, 11) is 0. The second kappa shape index (κ2) is 70.9. The Balaban J connectivity index is 4.16. The highest BCUT2D eigenvalue weighted by Crippen LogP contribution is 2.20. The van der Waals surface area contributed by atoms with Crippen molar-refractivity contribution in [2.24, 2.45) is 0 Å². The summed E-state index contributed by atoms with van der Waals surface area (Å²) in [5, 5.41) is 0. The van der Waals surface area contributed by atoms with Crippen LogP contribution in [-0.4, -0.2) is 37.2 Å². The van der Waals surface area contributed by atoms with E-state index in [1.54, 1.807) is 0 Å². The topological polar surface area (TPSA) is 78.9 Å². The van der Waals surface area contributed by atoms with Crippen LogP contribution in [0.2, 0.25) is 0 Å². The van der Waals surface area contributed by atoms with Gasteiger partial charge in [-0.1, -0.05) is 406 Å². The molecule has 0 heterocycles. The molecule has 482 valence electrons. The second-order valence-corrected chi connectivity index (χ2v) is 25.9. The lowest BCUT2D eigenvalue weighted by Crippen LogP contribution is -2.30. The molecule has 1 atom stereocenters. The SMILES string of the molecule is CCCCCCCCCCCCCCCCCCCCCCCCCCCCCCCC(=O)OCC(COC(=O)CCCCCCCCCCCCCCCCCC)OC(=O)CCCCCCCCCCCCCCCCCCCC. The van der Waals surface area contributed by atoms with Crippen molar-refractivity contribution < 1.29 is 28.6 Å². The normalized spacial score (nSPS) is 11.9. The van der Waals surface area contributed by atoms with Gasteiger partial charge >= 0.3 is 17.9 Å². The van der Waals surface area contributed by atoms with Crippen LogP contribution in [0.15, 0.2) is 0 Å². The Hall–Kier alpha value is -1.59. The van der Waals surface area contributed by atoms with Crippen molar-refractivity contribution in [3.8, 4) is 0 Å². The molecular weight excluding hydrogens is 997 g/mol. The molecule has 6 heteroatoms. The first kappa shape index (κ1) is 79.4. The van der Waals surface area contributed by atoms with Crippen molar-refractivity contribution in [1.29, 1.82) is 0 Å². The number of carbonyl (C=O) groups excluding carboxylic acids is 3. The van der Waals surface area contributed by atoms with Gasteiger partial charge in [0.25, 0.3) is 0 Å². The fraction of sp³-hybridized carbons (Fsp3) is 0.960. The number of hydrogen-bond donors (Lipinski definition) is 0. The Kier molecular flexibility index (Phi) is 69.5. The van der Waals surface area contributed by atoms with Crippen LogP contribution in [0.1, 0.15) is 445 Å². The Bertz CT molecular complexity index is 1220. The predicted molar refractivity (Wildman–Crippen MR) is 354 cm³/mol. The quantitative estimate of drug-likeness (QED) is 0.0343. The number of rotatable bonds is 71. The summed E-state index contributed by atoms with van der Waals surface area (Å²) in [6.45, 7) is 6.75. The standard InChI is InChI=1S/C75H146O6/c1-4-7-10-13-16-19-22-25-28-31-33-34-35-36-37-38-39-40-41-42-43-45-47-50-53-56-59-62-65-68-74(77)80-71-72(70-79-73(76)67-64-61-58-55-52-49-46-30-27-24-21-18-15-12-9-6-3)81-75(78)69-66-63-60-57-54-51-48-44-32-29-26-23-20-17-14-11-8-5-2/h72H,4-71H2,1-3H3. The van der Waals surface area contributed by atoms with E-state index < -0.39 is 6.10 Å². The van der Waals surface area contributed by atoms with E-state index in [9.17, 15) is 14.4 Å². The minimum Gasteiger partial charge on any atom is -0.462 e. The first-order valence-corrected chi connectivity index (χ1v) is 37.5. The van der Waals surface area contributed by atoms with Crippen molar-refractivity contribution in [3.05, 3.63) is 0 Å². The highest BCUT2D eigenvalue weighted by molar-refractivity contribution is 5.71. The van der Waals surface area contributed by atoms with Gasteiger partial charge in [0.15, 0.2) is 6.10 Å². The van der Waals surface area contributed by atoms with Gasteiger partial charge in [0.2, 0.25) is 0 Å². The van der Waals surface area contributed by atoms with Gasteiger partial charge in [-0.05, 0) is 19.3 Å². The molecule has 1 unspecified atom stereocenters. The zero-order chi connectivity index (χ0) is 58.5. The highest BCUT2D eigenvalue weighted by atomic mass is 16.6. The van der Waals surface area contributed by atoms with E-state index >= 15 is 0 Å². The van der Waals surface area contributed by atoms with Crippen molar-refractivity contribution in [1.82, 2.24) is 0 Å². The van der Waals surface area contributed by atoms with Gasteiger partial charge in [-0.2, -0.15) is 0 Å². The minimum atomic E-state index is -0.764. The number of carbonyl (C=O) groups is 3. The van der Waals surface area contributed by atoms with Gasteiger partial charge in [-0.25, -0.2) is 0 Å². The van der Waals surface area contributed by atoms with Crippen LogP contribution in [0.4, 0.5) is 0 Å². The minimum absolute atomic E-state index is 0.0599. The third-order valence-corrected chi connectivity index (χ3v) is 17.6. The van der Waals surface area contributed by atoms with Gasteiger partial charge in [-0.3, -0.25) is 14.4 Å². The molecule has 0 aromatic rings. The summed E-state index contributed by atoms with van der Waals surface area (Å²) in [6.07, 6.45) is 84.4. The van der Waals surface area contributed by atoms with Crippen LogP contribution in [0, 0.1) is 0 Å². The molecule has 0 aromatic carbocycles. The average Bonchev–Trinajstić information content (AvgIpc) is 3.47. The van der Waals surface area contributed by atoms with Crippen LogP contribution in [0.3, 0.4) is 0 Å². The molecule has 0 saturated carbocycles. The fourth-order valence-electron chi connectivity index (χ4n) is 12.0. The first-order chi connectivity index (χ1) is 40.0.